The van der Waals surface area contributed by atoms with Gasteiger partial charge in [-0.15, -0.1) is 11.8 Å². The van der Waals surface area contributed by atoms with Crippen LogP contribution in [0.5, 0.6) is 5.75 Å². The Kier molecular flexibility index (Phi) is 8.36. The Bertz CT molecular complexity index is 824. The second-order valence-corrected chi connectivity index (χ2v) is 6.86. The van der Waals surface area contributed by atoms with Gasteiger partial charge in [-0.25, -0.2) is 0 Å². The molecule has 0 aliphatic heterocycles. The van der Waals surface area contributed by atoms with Crippen LogP contribution < -0.4 is 20.9 Å². The number of carbonyl (C=O) groups is 3. The van der Waals surface area contributed by atoms with E-state index >= 15 is 0 Å². The lowest BCUT2D eigenvalue weighted by atomic mass is 10.2. The maximum absolute atomic E-state index is 12.0. The molecular weight excluding hydrogens is 378 g/mol. The average molecular weight is 401 g/mol. The third-order valence-corrected chi connectivity index (χ3v) is 4.44. The van der Waals surface area contributed by atoms with Crippen molar-refractivity contribution in [2.45, 2.75) is 13.8 Å². The molecule has 0 atom stereocenters. The number of rotatable bonds is 8. The maximum Gasteiger partial charge on any atom is 0.269 e. The van der Waals surface area contributed by atoms with Crippen LogP contribution in [0.3, 0.4) is 0 Å². The van der Waals surface area contributed by atoms with Gasteiger partial charge in [-0.05, 0) is 55.8 Å². The molecule has 0 bridgehead atoms. The van der Waals surface area contributed by atoms with Gasteiger partial charge in [0.2, 0.25) is 11.8 Å². The van der Waals surface area contributed by atoms with Gasteiger partial charge in [-0.3, -0.25) is 25.2 Å². The van der Waals surface area contributed by atoms with E-state index in [1.807, 2.05) is 32.0 Å². The first-order valence-electron chi connectivity index (χ1n) is 8.74. The first-order chi connectivity index (χ1) is 13.5. The minimum atomic E-state index is -0.432. The Labute approximate surface area is 168 Å². The Hall–Kier alpha value is -3.00. The van der Waals surface area contributed by atoms with Crippen LogP contribution in [0.25, 0.3) is 0 Å². The number of ether oxygens (including phenoxy) is 1. The van der Waals surface area contributed by atoms with E-state index in [-0.39, 0.29) is 17.4 Å². The number of hydrogen-bond acceptors (Lipinski definition) is 5. The van der Waals surface area contributed by atoms with Gasteiger partial charge < -0.3 is 10.1 Å². The zero-order chi connectivity index (χ0) is 20.4. The number of hydrazine groups is 1. The van der Waals surface area contributed by atoms with Gasteiger partial charge in [-0.2, -0.15) is 0 Å². The van der Waals surface area contributed by atoms with Crippen molar-refractivity contribution >= 4 is 35.2 Å². The highest BCUT2D eigenvalue weighted by Crippen LogP contribution is 2.12. The topological polar surface area (TPSA) is 96.5 Å². The summed E-state index contributed by atoms with van der Waals surface area (Å²) in [5, 5.41) is 2.77. The van der Waals surface area contributed by atoms with E-state index in [9.17, 15) is 14.4 Å². The van der Waals surface area contributed by atoms with Crippen molar-refractivity contribution < 1.29 is 19.1 Å². The Morgan fingerprint density at radius 1 is 0.964 bits per heavy atom. The molecule has 0 saturated heterocycles. The molecular formula is C20H23N3O4S. The number of anilines is 1. The lowest BCUT2D eigenvalue weighted by Crippen LogP contribution is -2.42. The van der Waals surface area contributed by atoms with Crippen molar-refractivity contribution in [2.75, 3.05) is 23.4 Å². The van der Waals surface area contributed by atoms with Crippen LogP contribution in [0.2, 0.25) is 0 Å². The van der Waals surface area contributed by atoms with E-state index in [4.69, 9.17) is 4.74 Å². The molecule has 7 nitrogen and oxygen atoms in total. The number of thioether (sulfide) groups is 1. The third-order valence-electron chi connectivity index (χ3n) is 3.51. The predicted octanol–water partition coefficient (Wildman–Crippen LogP) is 2.53. The zero-order valence-corrected chi connectivity index (χ0v) is 16.6. The minimum absolute atomic E-state index is 0.0464. The number of nitrogens with one attached hydrogen (secondary N) is 3. The summed E-state index contributed by atoms with van der Waals surface area (Å²) in [6, 6.07) is 14.1. The monoisotopic (exact) mass is 401 g/mol. The molecule has 0 aliphatic rings. The summed E-state index contributed by atoms with van der Waals surface area (Å²) in [6.45, 7) is 4.36. The molecule has 0 radical (unpaired) electrons. The average Bonchev–Trinajstić information content (AvgIpc) is 2.67. The van der Waals surface area contributed by atoms with Crippen LogP contribution >= 0.6 is 11.8 Å². The van der Waals surface area contributed by atoms with Crippen LogP contribution in [-0.4, -0.2) is 35.8 Å². The van der Waals surface area contributed by atoms with Crippen molar-refractivity contribution in [2.24, 2.45) is 0 Å². The fraction of sp³-hybridized carbons (Fsp3) is 0.250. The highest BCUT2D eigenvalue weighted by molar-refractivity contribution is 8.00. The summed E-state index contributed by atoms with van der Waals surface area (Å²) in [5.74, 6) is -0.171. The quantitative estimate of drug-likeness (QED) is 0.591. The molecule has 0 aromatic heterocycles. The van der Waals surface area contributed by atoms with E-state index in [0.717, 1.165) is 23.0 Å². The number of amides is 3. The van der Waals surface area contributed by atoms with Crippen LogP contribution in [0.15, 0.2) is 48.5 Å². The summed E-state index contributed by atoms with van der Waals surface area (Å²) in [7, 11) is 0. The lowest BCUT2D eigenvalue weighted by molar-refractivity contribution is -0.119. The second kappa shape index (κ2) is 11.0. The number of benzene rings is 2. The number of carbonyl (C=O) groups excluding carboxylic acids is 3. The summed E-state index contributed by atoms with van der Waals surface area (Å²) in [4.78, 5) is 35.7. The molecule has 3 N–H and O–H groups in total. The first kappa shape index (κ1) is 21.3. The van der Waals surface area contributed by atoms with Gasteiger partial charge in [0.1, 0.15) is 5.75 Å². The molecule has 2 aromatic carbocycles. The highest BCUT2D eigenvalue weighted by Gasteiger charge is 2.09. The molecule has 3 amide bonds. The molecule has 0 unspecified atom stereocenters. The van der Waals surface area contributed by atoms with E-state index in [2.05, 4.69) is 16.2 Å². The lowest BCUT2D eigenvalue weighted by Gasteiger charge is -2.09. The van der Waals surface area contributed by atoms with Crippen LogP contribution in [0, 0.1) is 6.92 Å². The summed E-state index contributed by atoms with van der Waals surface area (Å²) in [6.07, 6.45) is 0. The first-order valence-corrected chi connectivity index (χ1v) is 9.89. The zero-order valence-electron chi connectivity index (χ0n) is 15.8. The standard InChI is InChI=1S/C20H23N3O4S/c1-3-27-17-9-7-15(8-10-17)20(26)23-22-19(25)13-28-12-18(24)21-16-6-4-5-14(2)11-16/h4-11H,3,12-13H2,1-2H3,(H,21,24)(H,22,25)(H,23,26). The molecule has 0 saturated carbocycles. The fourth-order valence-electron chi connectivity index (χ4n) is 2.26. The second-order valence-electron chi connectivity index (χ2n) is 5.87. The molecule has 8 heteroatoms. The fourth-order valence-corrected chi connectivity index (χ4v) is 2.88. The minimum Gasteiger partial charge on any atom is -0.494 e. The molecule has 0 heterocycles. The van der Waals surface area contributed by atoms with E-state index in [1.165, 1.54) is 0 Å². The van der Waals surface area contributed by atoms with Gasteiger partial charge in [0.25, 0.3) is 5.91 Å². The Morgan fingerprint density at radius 2 is 1.68 bits per heavy atom. The van der Waals surface area contributed by atoms with Crippen molar-refractivity contribution in [1.29, 1.82) is 0 Å². The van der Waals surface area contributed by atoms with Crippen molar-refractivity contribution in [3.8, 4) is 5.75 Å². The van der Waals surface area contributed by atoms with E-state index in [0.29, 0.717) is 17.9 Å². The normalized spacial score (nSPS) is 10.1. The van der Waals surface area contributed by atoms with Gasteiger partial charge in [-0.1, -0.05) is 12.1 Å². The largest absolute Gasteiger partial charge is 0.494 e. The molecule has 0 aliphatic carbocycles. The summed E-state index contributed by atoms with van der Waals surface area (Å²) < 4.78 is 5.31. The van der Waals surface area contributed by atoms with Crippen LogP contribution in [0.1, 0.15) is 22.8 Å². The molecule has 0 spiro atoms. The third kappa shape index (κ3) is 7.32. The highest BCUT2D eigenvalue weighted by atomic mass is 32.2. The van der Waals surface area contributed by atoms with Gasteiger partial charge in [0.15, 0.2) is 0 Å². The van der Waals surface area contributed by atoms with Crippen LogP contribution in [-0.2, 0) is 9.59 Å². The molecule has 2 aromatic rings. The molecule has 28 heavy (non-hydrogen) atoms. The summed E-state index contributed by atoms with van der Waals surface area (Å²) >= 11 is 1.16. The SMILES string of the molecule is CCOc1ccc(C(=O)NNC(=O)CSCC(=O)Nc2cccc(C)c2)cc1. The number of hydrogen-bond donors (Lipinski definition) is 3. The predicted molar refractivity (Wildman–Crippen MR) is 110 cm³/mol. The smallest absolute Gasteiger partial charge is 0.269 e. The Morgan fingerprint density at radius 3 is 2.36 bits per heavy atom. The maximum atomic E-state index is 12.0. The van der Waals surface area contributed by atoms with Crippen LogP contribution in [0.4, 0.5) is 5.69 Å². The molecule has 148 valence electrons. The van der Waals surface area contributed by atoms with Gasteiger partial charge >= 0.3 is 0 Å². The van der Waals surface area contributed by atoms with E-state index < -0.39 is 11.8 Å². The van der Waals surface area contributed by atoms with Crippen molar-refractivity contribution in [1.82, 2.24) is 10.9 Å². The molecule has 0 fully saturated rings. The van der Waals surface area contributed by atoms with Crippen molar-refractivity contribution in [3.63, 3.8) is 0 Å². The summed E-state index contributed by atoms with van der Waals surface area (Å²) in [5.41, 5.74) is 6.84. The number of aryl methyl sites for hydroxylation is 1. The molecule has 2 rings (SSSR count). The van der Waals surface area contributed by atoms with Gasteiger partial charge in [0, 0.05) is 11.3 Å². The Balaban J connectivity index is 1.66. The van der Waals surface area contributed by atoms with Crippen molar-refractivity contribution in [3.05, 3.63) is 59.7 Å². The van der Waals surface area contributed by atoms with E-state index in [1.54, 1.807) is 30.3 Å². The van der Waals surface area contributed by atoms with Gasteiger partial charge in [0.05, 0.1) is 18.1 Å².